The molecular weight excluding hydrogens is 500 g/mol. The van der Waals surface area contributed by atoms with Crippen LogP contribution in [0.15, 0.2) is 0 Å². The molecule has 2 saturated heterocycles. The molecule has 40 heavy (non-hydrogen) atoms. The molecule has 12 atom stereocenters. The van der Waals surface area contributed by atoms with E-state index in [1.165, 1.54) is 51.4 Å². The van der Waals surface area contributed by atoms with Crippen LogP contribution in [0.2, 0.25) is 0 Å². The van der Waals surface area contributed by atoms with E-state index in [0.29, 0.717) is 42.7 Å². The predicted molar refractivity (Wildman–Crippen MR) is 155 cm³/mol. The van der Waals surface area contributed by atoms with Gasteiger partial charge in [0.05, 0.1) is 31.5 Å². The summed E-state index contributed by atoms with van der Waals surface area (Å²) in [5.74, 6) is 5.31. The van der Waals surface area contributed by atoms with Crippen LogP contribution in [0.5, 0.6) is 0 Å². The highest BCUT2D eigenvalue weighted by molar-refractivity contribution is 5.78. The molecule has 6 heteroatoms. The van der Waals surface area contributed by atoms with Crippen LogP contribution in [-0.4, -0.2) is 68.7 Å². The summed E-state index contributed by atoms with van der Waals surface area (Å²) in [6, 6.07) is 0. The monoisotopic (exact) mass is 556 g/mol. The Morgan fingerprint density at radius 1 is 1.02 bits per heavy atom. The third kappa shape index (κ3) is 3.83. The highest BCUT2D eigenvalue weighted by atomic mass is 16.7. The van der Waals surface area contributed by atoms with Crippen molar-refractivity contribution in [1.29, 1.82) is 0 Å². The van der Waals surface area contributed by atoms with E-state index < -0.39 is 0 Å². The lowest BCUT2D eigenvalue weighted by molar-refractivity contribution is -0.244. The van der Waals surface area contributed by atoms with E-state index in [9.17, 15) is 4.79 Å². The summed E-state index contributed by atoms with van der Waals surface area (Å²) in [5.41, 5.74) is 1.18. The van der Waals surface area contributed by atoms with Crippen LogP contribution in [0.25, 0.3) is 0 Å². The minimum atomic E-state index is -0.291. The molecule has 0 aromatic heterocycles. The first-order valence-corrected chi connectivity index (χ1v) is 17.0. The van der Waals surface area contributed by atoms with Gasteiger partial charge in [-0.2, -0.15) is 0 Å². The van der Waals surface area contributed by atoms with E-state index in [1.54, 1.807) is 0 Å². The Labute approximate surface area is 243 Å². The second-order valence-corrected chi connectivity index (χ2v) is 16.0. The number of rotatable bonds is 5. The Kier molecular flexibility index (Phi) is 6.97. The van der Waals surface area contributed by atoms with Crippen molar-refractivity contribution >= 4 is 5.91 Å². The van der Waals surface area contributed by atoms with Gasteiger partial charge in [0, 0.05) is 19.0 Å². The number of fused-ring (bicyclic) bond motifs is 4. The number of morpholine rings is 1. The Morgan fingerprint density at radius 3 is 2.60 bits per heavy atom. The van der Waals surface area contributed by atoms with Crippen molar-refractivity contribution in [3.8, 4) is 0 Å². The first kappa shape index (κ1) is 28.1. The molecule has 0 bridgehead atoms. The lowest BCUT2D eigenvalue weighted by Crippen LogP contribution is -2.56. The van der Waals surface area contributed by atoms with Crippen molar-refractivity contribution in [2.24, 2.45) is 57.7 Å². The van der Waals surface area contributed by atoms with Gasteiger partial charge in [0.25, 0.3) is 0 Å². The van der Waals surface area contributed by atoms with Crippen LogP contribution in [0.3, 0.4) is 0 Å². The van der Waals surface area contributed by atoms with Gasteiger partial charge in [-0.1, -0.05) is 34.6 Å². The van der Waals surface area contributed by atoms with Gasteiger partial charge >= 0.3 is 0 Å². The summed E-state index contributed by atoms with van der Waals surface area (Å²) in [6.45, 7) is 14.5. The van der Waals surface area contributed by atoms with Gasteiger partial charge in [-0.3, -0.25) is 4.79 Å². The fourth-order valence-electron chi connectivity index (χ4n) is 12.7. The quantitative estimate of drug-likeness (QED) is 0.485. The van der Waals surface area contributed by atoms with E-state index in [1.807, 2.05) is 18.7 Å². The number of carbonyl (C=O) groups excluding carboxylic acids is 1. The SMILES string of the molecule is CNC[C@H]1CCC2C3CC[C@@]45C(C)[C@@]46CC[C@H](OC4CN(C(=O)C(C)C)CCO4)C(C)(C)C6CC[C@H]5C3C[C@H]2O1. The number of hydrogen-bond acceptors (Lipinski definition) is 5. The average molecular weight is 557 g/mol. The molecule has 6 unspecified atom stereocenters. The molecule has 5 aliphatic carbocycles. The predicted octanol–water partition coefficient (Wildman–Crippen LogP) is 5.49. The normalized spacial score (nSPS) is 50.8. The van der Waals surface area contributed by atoms with Crippen LogP contribution >= 0.6 is 0 Å². The molecule has 7 aliphatic rings. The van der Waals surface area contributed by atoms with E-state index in [-0.39, 0.29) is 29.6 Å². The lowest BCUT2D eigenvalue weighted by atomic mass is 9.48. The van der Waals surface area contributed by atoms with Crippen molar-refractivity contribution in [2.75, 3.05) is 33.3 Å². The molecule has 2 aliphatic heterocycles. The van der Waals surface area contributed by atoms with Crippen LogP contribution in [0.1, 0.15) is 92.4 Å². The summed E-state index contributed by atoms with van der Waals surface area (Å²) in [5, 5.41) is 3.36. The van der Waals surface area contributed by atoms with E-state index in [4.69, 9.17) is 14.2 Å². The van der Waals surface area contributed by atoms with Crippen LogP contribution in [-0.2, 0) is 19.0 Å². The van der Waals surface area contributed by atoms with Gasteiger partial charge < -0.3 is 24.4 Å². The molecule has 7 fully saturated rings. The molecule has 1 N–H and O–H groups in total. The number of carbonyl (C=O) groups is 1. The van der Waals surface area contributed by atoms with Crippen LogP contribution in [0.4, 0.5) is 0 Å². The van der Waals surface area contributed by atoms with Crippen molar-refractivity contribution < 1.29 is 19.0 Å². The summed E-state index contributed by atoms with van der Waals surface area (Å²) in [6.07, 6.45) is 12.9. The maximum atomic E-state index is 12.7. The molecule has 0 aromatic carbocycles. The van der Waals surface area contributed by atoms with Crippen LogP contribution < -0.4 is 5.32 Å². The van der Waals surface area contributed by atoms with Gasteiger partial charge in [0.2, 0.25) is 5.91 Å². The number of ether oxygens (including phenoxy) is 3. The maximum Gasteiger partial charge on any atom is 0.225 e. The van der Waals surface area contributed by atoms with E-state index >= 15 is 0 Å². The topological polar surface area (TPSA) is 60.0 Å². The maximum absolute atomic E-state index is 12.7. The zero-order valence-electron chi connectivity index (χ0n) is 26.1. The molecule has 1 amide bonds. The fourth-order valence-corrected chi connectivity index (χ4v) is 12.7. The summed E-state index contributed by atoms with van der Waals surface area (Å²) < 4.78 is 19.7. The standard InChI is InChI=1S/C34H56N2O4/c1-20(2)31(37)36-15-16-38-30(19-36)40-29-12-14-34-21(3)33(34)13-11-23-24-8-7-22(18-35-6)39-27(24)17-25(23)26(33)9-10-28(34)32(29,4)5/h20-30,35H,7-19H2,1-6H3/t21?,22-,23?,24?,25?,26+,27-,28?,29+,30?,33+,34-/m1/s1. The fraction of sp³-hybridized carbons (Fsp3) is 0.971. The average Bonchev–Trinajstić information content (AvgIpc) is 3.25. The first-order valence-electron chi connectivity index (χ1n) is 17.0. The number of nitrogens with one attached hydrogen (secondary N) is 1. The third-order valence-corrected chi connectivity index (χ3v) is 14.2. The van der Waals surface area contributed by atoms with Crippen molar-refractivity contribution in [3.63, 3.8) is 0 Å². The Bertz CT molecular complexity index is 985. The number of likely N-dealkylation sites (N-methyl/N-ethyl adjacent to an activating group) is 1. The van der Waals surface area contributed by atoms with E-state index in [2.05, 4.69) is 33.1 Å². The van der Waals surface area contributed by atoms with Crippen molar-refractivity contribution in [1.82, 2.24) is 10.2 Å². The van der Waals surface area contributed by atoms with Gasteiger partial charge in [0.1, 0.15) is 0 Å². The smallest absolute Gasteiger partial charge is 0.225 e. The Morgan fingerprint density at radius 2 is 1.82 bits per heavy atom. The first-order chi connectivity index (χ1) is 19.1. The summed E-state index contributed by atoms with van der Waals surface area (Å²) >= 11 is 0. The Hall–Kier alpha value is -0.690. The van der Waals surface area contributed by atoms with E-state index in [0.717, 1.165) is 48.5 Å². The molecule has 2 heterocycles. The molecule has 2 spiro atoms. The Balaban J connectivity index is 1.07. The number of amides is 1. The third-order valence-electron chi connectivity index (χ3n) is 14.2. The molecule has 7 rings (SSSR count). The minimum absolute atomic E-state index is 0.0210. The zero-order chi connectivity index (χ0) is 28.0. The second kappa shape index (κ2) is 9.92. The van der Waals surface area contributed by atoms with Crippen molar-refractivity contribution in [2.45, 2.75) is 117 Å². The summed E-state index contributed by atoms with van der Waals surface area (Å²) in [4.78, 5) is 14.6. The van der Waals surface area contributed by atoms with Gasteiger partial charge in [-0.05, 0) is 117 Å². The molecule has 0 aromatic rings. The largest absolute Gasteiger partial charge is 0.373 e. The van der Waals surface area contributed by atoms with Gasteiger partial charge in [-0.25, -0.2) is 0 Å². The second-order valence-electron chi connectivity index (χ2n) is 16.0. The molecule has 5 saturated carbocycles. The summed E-state index contributed by atoms with van der Waals surface area (Å²) in [7, 11) is 2.06. The van der Waals surface area contributed by atoms with Gasteiger partial charge in [-0.15, -0.1) is 0 Å². The van der Waals surface area contributed by atoms with Crippen molar-refractivity contribution in [3.05, 3.63) is 0 Å². The molecule has 6 nitrogen and oxygen atoms in total. The highest BCUT2D eigenvalue weighted by Crippen LogP contribution is 2.88. The molecular formula is C34H56N2O4. The lowest BCUT2D eigenvalue weighted by Gasteiger charge is -2.58. The molecule has 226 valence electrons. The molecule has 0 radical (unpaired) electrons. The zero-order valence-corrected chi connectivity index (χ0v) is 26.1. The van der Waals surface area contributed by atoms with Gasteiger partial charge in [0.15, 0.2) is 6.29 Å². The number of nitrogens with zero attached hydrogens (tertiary/aromatic N) is 1. The minimum Gasteiger partial charge on any atom is -0.373 e. The highest BCUT2D eigenvalue weighted by Gasteiger charge is 2.83. The van der Waals surface area contributed by atoms with Crippen LogP contribution in [0, 0.1) is 57.7 Å². The number of hydrogen-bond donors (Lipinski definition) is 1.